The van der Waals surface area contributed by atoms with Gasteiger partial charge in [-0.2, -0.15) is 0 Å². The van der Waals surface area contributed by atoms with Gasteiger partial charge in [-0.25, -0.2) is 22.0 Å². The molecule has 0 spiro atoms. The predicted molar refractivity (Wildman–Crippen MR) is 161 cm³/mol. The van der Waals surface area contributed by atoms with Gasteiger partial charge in [-0.15, -0.1) is 0 Å². The smallest absolute Gasteiger partial charge is 0.200 e. The molecule has 0 aliphatic carbocycles. The summed E-state index contributed by atoms with van der Waals surface area (Å²) < 4.78 is 70.7. The van der Waals surface area contributed by atoms with Crippen LogP contribution in [0.1, 0.15) is 168 Å². The fourth-order valence-electron chi connectivity index (χ4n) is 5.49. The zero-order chi connectivity index (χ0) is 29.4. The van der Waals surface area contributed by atoms with E-state index < -0.39 is 34.8 Å². The molecule has 1 aromatic rings. The first-order valence-electron chi connectivity index (χ1n) is 16.7. The molecule has 1 nitrogen and oxygen atoms in total. The van der Waals surface area contributed by atoms with Gasteiger partial charge in [0.25, 0.3) is 0 Å². The SMILES string of the molecule is CCCCCCCCCCCCCCN(CCCCCCCCCCCCCC)c1c(F)c(F)c(F)c(F)c1F. The minimum absolute atomic E-state index is 0.299. The van der Waals surface area contributed by atoms with Crippen LogP contribution in [0.5, 0.6) is 0 Å². The molecule has 0 atom stereocenters. The van der Waals surface area contributed by atoms with E-state index in [9.17, 15) is 22.0 Å². The minimum Gasteiger partial charge on any atom is -0.367 e. The van der Waals surface area contributed by atoms with Crippen molar-refractivity contribution in [3.63, 3.8) is 0 Å². The van der Waals surface area contributed by atoms with Gasteiger partial charge in [0.1, 0.15) is 5.69 Å². The zero-order valence-electron chi connectivity index (χ0n) is 25.7. The molecular formula is C34H58F5N. The molecule has 234 valence electrons. The van der Waals surface area contributed by atoms with Crippen molar-refractivity contribution in [2.75, 3.05) is 18.0 Å². The average molecular weight is 576 g/mol. The molecule has 40 heavy (non-hydrogen) atoms. The third-order valence-electron chi connectivity index (χ3n) is 8.07. The molecule has 0 aliphatic heterocycles. The van der Waals surface area contributed by atoms with Crippen molar-refractivity contribution in [1.29, 1.82) is 0 Å². The van der Waals surface area contributed by atoms with Crippen LogP contribution in [-0.2, 0) is 0 Å². The van der Waals surface area contributed by atoms with Crippen molar-refractivity contribution >= 4 is 5.69 Å². The molecule has 0 radical (unpaired) electrons. The fraction of sp³-hybridized carbons (Fsp3) is 0.824. The Balaban J connectivity index is 2.41. The van der Waals surface area contributed by atoms with Crippen LogP contribution >= 0.6 is 0 Å². The summed E-state index contributed by atoms with van der Waals surface area (Å²) in [7, 11) is 0. The molecule has 0 saturated carbocycles. The molecule has 0 fully saturated rings. The predicted octanol–water partition coefficient (Wildman–Crippen LogP) is 12.6. The molecule has 0 saturated heterocycles. The van der Waals surface area contributed by atoms with Crippen molar-refractivity contribution in [1.82, 2.24) is 0 Å². The second-order valence-corrected chi connectivity index (χ2v) is 11.7. The highest BCUT2D eigenvalue weighted by Crippen LogP contribution is 2.31. The Kier molecular flexibility index (Phi) is 22.3. The third-order valence-corrected chi connectivity index (χ3v) is 8.07. The summed E-state index contributed by atoms with van der Waals surface area (Å²) in [5, 5.41) is 0. The van der Waals surface area contributed by atoms with E-state index in [1.54, 1.807) is 0 Å². The number of halogens is 5. The van der Waals surface area contributed by atoms with E-state index in [0.717, 1.165) is 38.5 Å². The van der Waals surface area contributed by atoms with Gasteiger partial charge in [0.05, 0.1) is 0 Å². The Morgan fingerprint density at radius 2 is 0.550 bits per heavy atom. The third kappa shape index (κ3) is 15.6. The highest BCUT2D eigenvalue weighted by molar-refractivity contribution is 5.50. The molecule has 0 N–H and O–H groups in total. The normalized spacial score (nSPS) is 11.5. The number of hydrogen-bond donors (Lipinski definition) is 0. The van der Waals surface area contributed by atoms with Crippen molar-refractivity contribution in [3.8, 4) is 0 Å². The van der Waals surface area contributed by atoms with Gasteiger partial charge >= 0.3 is 0 Å². The van der Waals surface area contributed by atoms with Gasteiger partial charge in [0, 0.05) is 13.1 Å². The van der Waals surface area contributed by atoms with Crippen LogP contribution in [-0.4, -0.2) is 13.1 Å². The lowest BCUT2D eigenvalue weighted by Crippen LogP contribution is -2.29. The quantitative estimate of drug-likeness (QED) is 0.0436. The lowest BCUT2D eigenvalue weighted by molar-refractivity contribution is 0.377. The second kappa shape index (κ2) is 24.3. The van der Waals surface area contributed by atoms with E-state index in [2.05, 4.69) is 13.8 Å². The summed E-state index contributed by atoms with van der Waals surface area (Å²) >= 11 is 0. The Labute approximate surface area is 242 Å². The van der Waals surface area contributed by atoms with E-state index in [1.807, 2.05) is 0 Å². The highest BCUT2D eigenvalue weighted by atomic mass is 19.2. The maximum atomic E-state index is 14.6. The maximum Gasteiger partial charge on any atom is 0.200 e. The standard InChI is InChI=1S/C34H58F5N/c1-3-5-7-9-11-13-15-17-19-21-23-25-27-40(34-32(38)30(36)29(35)31(37)33(34)39)28-26-24-22-20-18-16-14-12-10-8-6-4-2/h3-28H2,1-2H3. The molecule has 0 aromatic heterocycles. The highest BCUT2D eigenvalue weighted by Gasteiger charge is 2.28. The molecule has 0 amide bonds. The second-order valence-electron chi connectivity index (χ2n) is 11.7. The first kappa shape index (κ1) is 36.7. The van der Waals surface area contributed by atoms with Gasteiger partial charge in [0.15, 0.2) is 23.3 Å². The molecule has 6 heteroatoms. The first-order chi connectivity index (χ1) is 19.5. The van der Waals surface area contributed by atoms with E-state index in [-0.39, 0.29) is 0 Å². The first-order valence-corrected chi connectivity index (χ1v) is 16.7. The van der Waals surface area contributed by atoms with Gasteiger partial charge in [-0.05, 0) is 12.8 Å². The summed E-state index contributed by atoms with van der Waals surface area (Å²) in [6.45, 7) is 5.05. The lowest BCUT2D eigenvalue weighted by atomic mass is 10.0. The molecule has 0 heterocycles. The number of hydrogen-bond acceptors (Lipinski definition) is 1. The van der Waals surface area contributed by atoms with Crippen LogP contribution in [0.4, 0.5) is 27.6 Å². The Bertz CT molecular complexity index is 697. The lowest BCUT2D eigenvalue weighted by Gasteiger charge is -2.26. The summed E-state index contributed by atoms with van der Waals surface area (Å²) in [6.07, 6.45) is 27.9. The summed E-state index contributed by atoms with van der Waals surface area (Å²) in [5.41, 5.74) is -0.762. The maximum absolute atomic E-state index is 14.6. The number of nitrogens with zero attached hydrogens (tertiary/aromatic N) is 1. The Morgan fingerprint density at radius 3 is 0.825 bits per heavy atom. The largest absolute Gasteiger partial charge is 0.367 e. The topological polar surface area (TPSA) is 3.24 Å². The van der Waals surface area contributed by atoms with Crippen LogP contribution in [0, 0.1) is 29.1 Å². The minimum atomic E-state index is -2.09. The summed E-state index contributed by atoms with van der Waals surface area (Å²) in [4.78, 5) is 1.39. The number of benzene rings is 1. The molecule has 0 bridgehead atoms. The van der Waals surface area contributed by atoms with Crippen molar-refractivity contribution in [3.05, 3.63) is 29.1 Å². The van der Waals surface area contributed by atoms with Crippen LogP contribution in [0.15, 0.2) is 0 Å². The van der Waals surface area contributed by atoms with Crippen LogP contribution < -0.4 is 4.90 Å². The van der Waals surface area contributed by atoms with Crippen LogP contribution in [0.3, 0.4) is 0 Å². The molecule has 0 unspecified atom stereocenters. The van der Waals surface area contributed by atoms with Crippen molar-refractivity contribution < 1.29 is 22.0 Å². The van der Waals surface area contributed by atoms with Gasteiger partial charge < -0.3 is 4.90 Å². The molecule has 1 rings (SSSR count). The molecule has 0 aliphatic rings. The van der Waals surface area contributed by atoms with Crippen LogP contribution in [0.25, 0.3) is 0 Å². The number of rotatable bonds is 27. The van der Waals surface area contributed by atoms with E-state index in [4.69, 9.17) is 0 Å². The summed E-state index contributed by atoms with van der Waals surface area (Å²) in [6, 6.07) is 0. The fourth-order valence-corrected chi connectivity index (χ4v) is 5.49. The van der Waals surface area contributed by atoms with Gasteiger partial charge in [0.2, 0.25) is 5.82 Å². The van der Waals surface area contributed by atoms with E-state index in [0.29, 0.717) is 25.9 Å². The Hall–Kier alpha value is -1.33. The van der Waals surface area contributed by atoms with E-state index in [1.165, 1.54) is 108 Å². The van der Waals surface area contributed by atoms with Gasteiger partial charge in [-0.3, -0.25) is 0 Å². The average Bonchev–Trinajstić information content (AvgIpc) is 2.95. The summed E-state index contributed by atoms with van der Waals surface area (Å²) in [5.74, 6) is -9.23. The van der Waals surface area contributed by atoms with Gasteiger partial charge in [-0.1, -0.05) is 155 Å². The number of anilines is 1. The van der Waals surface area contributed by atoms with Crippen LogP contribution in [0.2, 0.25) is 0 Å². The van der Waals surface area contributed by atoms with E-state index >= 15 is 0 Å². The zero-order valence-corrected chi connectivity index (χ0v) is 25.7. The number of unbranched alkanes of at least 4 members (excludes halogenated alkanes) is 22. The Morgan fingerprint density at radius 1 is 0.325 bits per heavy atom. The molecule has 1 aromatic carbocycles. The van der Waals surface area contributed by atoms with Crippen molar-refractivity contribution in [2.45, 2.75) is 168 Å². The molecular weight excluding hydrogens is 517 g/mol. The van der Waals surface area contributed by atoms with Crippen molar-refractivity contribution in [2.24, 2.45) is 0 Å². The monoisotopic (exact) mass is 575 g/mol.